The Kier molecular flexibility index (Phi) is 7.02. The summed E-state index contributed by atoms with van der Waals surface area (Å²) in [5, 5.41) is 3.77. The van der Waals surface area contributed by atoms with E-state index >= 15 is 0 Å². The Morgan fingerprint density at radius 2 is 1.76 bits per heavy atom. The van der Waals surface area contributed by atoms with E-state index in [1.54, 1.807) is 5.57 Å². The van der Waals surface area contributed by atoms with Crippen molar-refractivity contribution in [1.29, 1.82) is 0 Å². The molecule has 1 aromatic rings. The zero-order valence-corrected chi connectivity index (χ0v) is 13.8. The SMILES string of the molecule is CCCNC(/C1=C/CCCCCC1)c1ccc(CC)cc1. The Bertz CT molecular complexity index is 430. The molecule has 0 saturated carbocycles. The van der Waals surface area contributed by atoms with Crippen molar-refractivity contribution in [2.45, 2.75) is 71.3 Å². The predicted molar refractivity (Wildman–Crippen MR) is 92.6 cm³/mol. The van der Waals surface area contributed by atoms with E-state index in [2.05, 4.69) is 49.5 Å². The first kappa shape index (κ1) is 16.3. The van der Waals surface area contributed by atoms with Gasteiger partial charge in [-0.05, 0) is 56.2 Å². The molecule has 116 valence electrons. The second-order valence-electron chi connectivity index (χ2n) is 6.21. The van der Waals surface area contributed by atoms with Gasteiger partial charge in [-0.1, -0.05) is 62.6 Å². The molecule has 1 nitrogen and oxygen atoms in total. The molecule has 1 aliphatic carbocycles. The Morgan fingerprint density at radius 3 is 2.48 bits per heavy atom. The molecule has 0 saturated heterocycles. The van der Waals surface area contributed by atoms with Crippen LogP contribution in [0.1, 0.15) is 76.0 Å². The third-order valence-electron chi connectivity index (χ3n) is 4.52. The second-order valence-corrected chi connectivity index (χ2v) is 6.21. The Labute approximate surface area is 130 Å². The molecule has 0 amide bonds. The molecule has 1 heteroatoms. The van der Waals surface area contributed by atoms with Gasteiger partial charge in [0.05, 0.1) is 6.04 Å². The molecule has 0 bridgehead atoms. The van der Waals surface area contributed by atoms with E-state index in [-0.39, 0.29) is 0 Å². The van der Waals surface area contributed by atoms with Crippen LogP contribution in [0.5, 0.6) is 0 Å². The maximum atomic E-state index is 3.77. The second kappa shape index (κ2) is 9.04. The highest BCUT2D eigenvalue weighted by molar-refractivity contribution is 5.31. The Morgan fingerprint density at radius 1 is 1.00 bits per heavy atom. The smallest absolute Gasteiger partial charge is 0.0536 e. The molecule has 1 aromatic carbocycles. The summed E-state index contributed by atoms with van der Waals surface area (Å²) >= 11 is 0. The van der Waals surface area contributed by atoms with Crippen LogP contribution in [0, 0.1) is 0 Å². The van der Waals surface area contributed by atoms with Gasteiger partial charge in [0.15, 0.2) is 0 Å². The quantitative estimate of drug-likeness (QED) is 0.674. The van der Waals surface area contributed by atoms with Crippen molar-refractivity contribution in [3.8, 4) is 0 Å². The van der Waals surface area contributed by atoms with Gasteiger partial charge in [0, 0.05) is 0 Å². The number of nitrogens with one attached hydrogen (secondary N) is 1. The Hall–Kier alpha value is -1.08. The van der Waals surface area contributed by atoms with Gasteiger partial charge in [0.25, 0.3) is 0 Å². The molecule has 0 radical (unpaired) electrons. The van der Waals surface area contributed by atoms with Crippen molar-refractivity contribution in [1.82, 2.24) is 5.32 Å². The van der Waals surface area contributed by atoms with Crippen LogP contribution in [0.3, 0.4) is 0 Å². The van der Waals surface area contributed by atoms with E-state index in [0.29, 0.717) is 6.04 Å². The fourth-order valence-corrected chi connectivity index (χ4v) is 3.18. The number of allylic oxidation sites excluding steroid dienone is 1. The zero-order chi connectivity index (χ0) is 14.9. The highest BCUT2D eigenvalue weighted by Crippen LogP contribution is 2.29. The summed E-state index contributed by atoms with van der Waals surface area (Å²) in [6.07, 6.45) is 12.9. The molecule has 1 aliphatic rings. The van der Waals surface area contributed by atoms with E-state index in [1.807, 2.05) is 0 Å². The lowest BCUT2D eigenvalue weighted by Crippen LogP contribution is -2.24. The van der Waals surface area contributed by atoms with Crippen molar-refractivity contribution in [3.05, 3.63) is 47.0 Å². The van der Waals surface area contributed by atoms with E-state index in [0.717, 1.165) is 13.0 Å². The summed E-state index contributed by atoms with van der Waals surface area (Å²) in [7, 11) is 0. The van der Waals surface area contributed by atoms with Gasteiger partial charge < -0.3 is 5.32 Å². The van der Waals surface area contributed by atoms with E-state index in [9.17, 15) is 0 Å². The van der Waals surface area contributed by atoms with Crippen LogP contribution in [0.25, 0.3) is 0 Å². The highest BCUT2D eigenvalue weighted by Gasteiger charge is 2.16. The molecule has 1 atom stereocenters. The first-order chi connectivity index (χ1) is 10.3. The van der Waals surface area contributed by atoms with E-state index in [1.165, 1.54) is 56.1 Å². The van der Waals surface area contributed by atoms with Crippen LogP contribution < -0.4 is 5.32 Å². The van der Waals surface area contributed by atoms with Crippen LogP contribution in [-0.2, 0) is 6.42 Å². The molecule has 0 aliphatic heterocycles. The standard InChI is InChI=1S/C20H31N/c1-3-16-21-20(18-10-8-6-5-7-9-11-18)19-14-12-17(4-2)13-15-19/h10,12-15,20-21H,3-9,11,16H2,1-2H3/b18-10+. The lowest BCUT2D eigenvalue weighted by atomic mass is 9.90. The van der Waals surface area contributed by atoms with Gasteiger partial charge in [-0.15, -0.1) is 0 Å². The van der Waals surface area contributed by atoms with Gasteiger partial charge in [0.2, 0.25) is 0 Å². The van der Waals surface area contributed by atoms with Gasteiger partial charge in [-0.25, -0.2) is 0 Å². The van der Waals surface area contributed by atoms with Gasteiger partial charge in [-0.2, -0.15) is 0 Å². The third kappa shape index (κ3) is 5.00. The largest absolute Gasteiger partial charge is 0.307 e. The minimum Gasteiger partial charge on any atom is -0.307 e. The summed E-state index contributed by atoms with van der Waals surface area (Å²) in [6.45, 7) is 5.56. The molecular weight excluding hydrogens is 254 g/mol. The van der Waals surface area contributed by atoms with Crippen molar-refractivity contribution in [2.24, 2.45) is 0 Å². The van der Waals surface area contributed by atoms with E-state index in [4.69, 9.17) is 0 Å². The van der Waals surface area contributed by atoms with Gasteiger partial charge >= 0.3 is 0 Å². The average Bonchev–Trinajstić information content (AvgIpc) is 2.49. The van der Waals surface area contributed by atoms with Crippen molar-refractivity contribution >= 4 is 0 Å². The lowest BCUT2D eigenvalue weighted by Gasteiger charge is -2.24. The van der Waals surface area contributed by atoms with Crippen LogP contribution in [0.4, 0.5) is 0 Å². The summed E-state index contributed by atoms with van der Waals surface area (Å²) < 4.78 is 0. The van der Waals surface area contributed by atoms with Gasteiger partial charge in [0.1, 0.15) is 0 Å². The number of aryl methyl sites for hydroxylation is 1. The average molecular weight is 285 g/mol. The maximum absolute atomic E-state index is 3.77. The maximum Gasteiger partial charge on any atom is 0.0536 e. The number of hydrogen-bond donors (Lipinski definition) is 1. The van der Waals surface area contributed by atoms with Crippen molar-refractivity contribution < 1.29 is 0 Å². The normalized spacial score (nSPS) is 20.2. The third-order valence-corrected chi connectivity index (χ3v) is 4.52. The first-order valence-corrected chi connectivity index (χ1v) is 8.86. The van der Waals surface area contributed by atoms with Crippen molar-refractivity contribution in [3.63, 3.8) is 0 Å². The van der Waals surface area contributed by atoms with Crippen LogP contribution in [-0.4, -0.2) is 6.54 Å². The van der Waals surface area contributed by atoms with E-state index < -0.39 is 0 Å². The number of rotatable bonds is 6. The molecule has 0 heterocycles. The summed E-state index contributed by atoms with van der Waals surface area (Å²) in [6, 6.07) is 9.66. The van der Waals surface area contributed by atoms with Crippen LogP contribution in [0.15, 0.2) is 35.9 Å². The first-order valence-electron chi connectivity index (χ1n) is 8.86. The molecule has 2 rings (SSSR count). The minimum absolute atomic E-state index is 0.425. The zero-order valence-electron chi connectivity index (χ0n) is 13.8. The molecule has 1 N–H and O–H groups in total. The minimum atomic E-state index is 0.425. The van der Waals surface area contributed by atoms with Crippen molar-refractivity contribution in [2.75, 3.05) is 6.54 Å². The number of benzene rings is 1. The summed E-state index contributed by atoms with van der Waals surface area (Å²) in [5.74, 6) is 0. The molecule has 1 unspecified atom stereocenters. The molecular formula is C20H31N. The molecule has 0 spiro atoms. The molecule has 0 aromatic heterocycles. The lowest BCUT2D eigenvalue weighted by molar-refractivity contribution is 0.540. The Balaban J connectivity index is 2.18. The predicted octanol–water partition coefficient (Wildman–Crippen LogP) is 5.57. The topological polar surface area (TPSA) is 12.0 Å². The number of hydrogen-bond acceptors (Lipinski definition) is 1. The fraction of sp³-hybridized carbons (Fsp3) is 0.600. The highest BCUT2D eigenvalue weighted by atomic mass is 14.9. The van der Waals surface area contributed by atoms with Crippen LogP contribution >= 0.6 is 0 Å². The summed E-state index contributed by atoms with van der Waals surface area (Å²) in [5.41, 5.74) is 4.49. The van der Waals surface area contributed by atoms with Crippen LogP contribution in [0.2, 0.25) is 0 Å². The molecule has 0 fully saturated rings. The summed E-state index contributed by atoms with van der Waals surface area (Å²) in [4.78, 5) is 0. The monoisotopic (exact) mass is 285 g/mol. The van der Waals surface area contributed by atoms with Gasteiger partial charge in [-0.3, -0.25) is 0 Å². The molecule has 21 heavy (non-hydrogen) atoms. The fourth-order valence-electron chi connectivity index (χ4n) is 3.18.